The zero-order chi connectivity index (χ0) is 18.6. The zero-order valence-electron chi connectivity index (χ0n) is 14.9. The van der Waals surface area contributed by atoms with Gasteiger partial charge in [-0.2, -0.15) is 5.10 Å². The predicted molar refractivity (Wildman–Crippen MR) is 112 cm³/mol. The molecule has 2 aromatic carbocycles. The number of para-hydroxylation sites is 1. The van der Waals surface area contributed by atoms with E-state index in [9.17, 15) is 4.79 Å². The number of carbonyl (C=O) groups is 1. The number of rotatable bonds is 5. The number of hydrogen-bond acceptors (Lipinski definition) is 3. The Balaban J connectivity index is 1.65. The smallest absolute Gasteiger partial charge is 0.281 e. The SMILES string of the molecule is Cc1c(/C=N\NC(=O)c2cccs2)c2ccccc2n1Cc1ccccc1. The Hall–Kier alpha value is -3.18. The highest BCUT2D eigenvalue weighted by Gasteiger charge is 2.13. The molecular formula is C22H19N3OS. The van der Waals surface area contributed by atoms with E-state index >= 15 is 0 Å². The Bertz CT molecular complexity index is 1100. The maximum absolute atomic E-state index is 12.1. The van der Waals surface area contributed by atoms with Crippen LogP contribution in [0, 0.1) is 6.92 Å². The first-order valence-electron chi connectivity index (χ1n) is 8.72. The quantitative estimate of drug-likeness (QED) is 0.395. The summed E-state index contributed by atoms with van der Waals surface area (Å²) < 4.78 is 2.28. The van der Waals surface area contributed by atoms with Crippen LogP contribution in [0.3, 0.4) is 0 Å². The summed E-state index contributed by atoms with van der Waals surface area (Å²) in [6.07, 6.45) is 1.74. The summed E-state index contributed by atoms with van der Waals surface area (Å²) in [5, 5.41) is 7.20. The Morgan fingerprint density at radius 2 is 1.85 bits per heavy atom. The Labute approximate surface area is 161 Å². The molecule has 0 radical (unpaired) electrons. The van der Waals surface area contributed by atoms with E-state index in [2.05, 4.69) is 58.4 Å². The van der Waals surface area contributed by atoms with Gasteiger partial charge in [0.15, 0.2) is 0 Å². The standard InChI is InChI=1S/C22H19N3OS/c1-16-19(14-23-24-22(26)21-12-7-13-27-21)18-10-5-6-11-20(18)25(16)15-17-8-3-2-4-9-17/h2-14H,15H2,1H3,(H,24,26)/b23-14-. The van der Waals surface area contributed by atoms with Gasteiger partial charge in [-0.3, -0.25) is 4.79 Å². The van der Waals surface area contributed by atoms with Crippen LogP contribution in [0.2, 0.25) is 0 Å². The first-order valence-corrected chi connectivity index (χ1v) is 9.60. The third-order valence-electron chi connectivity index (χ3n) is 4.57. The summed E-state index contributed by atoms with van der Waals surface area (Å²) in [5.41, 5.74) is 7.16. The molecule has 0 fully saturated rings. The number of nitrogens with zero attached hydrogens (tertiary/aromatic N) is 2. The van der Waals surface area contributed by atoms with Gasteiger partial charge < -0.3 is 4.57 Å². The molecule has 1 amide bonds. The molecule has 4 nitrogen and oxygen atoms in total. The molecule has 0 atom stereocenters. The molecule has 1 N–H and O–H groups in total. The lowest BCUT2D eigenvalue weighted by Crippen LogP contribution is -2.16. The second-order valence-corrected chi connectivity index (χ2v) is 7.21. The molecular weight excluding hydrogens is 354 g/mol. The number of amides is 1. The molecule has 27 heavy (non-hydrogen) atoms. The number of fused-ring (bicyclic) bond motifs is 1. The first-order chi connectivity index (χ1) is 13.2. The number of nitrogens with one attached hydrogen (secondary N) is 1. The minimum Gasteiger partial charge on any atom is -0.340 e. The summed E-state index contributed by atoms with van der Waals surface area (Å²) in [5.74, 6) is -0.188. The number of carbonyl (C=O) groups excluding carboxylic acids is 1. The van der Waals surface area contributed by atoms with Crippen LogP contribution in [0.1, 0.15) is 26.5 Å². The maximum Gasteiger partial charge on any atom is 0.281 e. The van der Waals surface area contributed by atoms with Gasteiger partial charge in [0, 0.05) is 28.7 Å². The molecule has 4 rings (SSSR count). The molecule has 0 aliphatic rings. The molecule has 0 saturated carbocycles. The Morgan fingerprint density at radius 3 is 2.63 bits per heavy atom. The minimum absolute atomic E-state index is 0.188. The van der Waals surface area contributed by atoms with Gasteiger partial charge in [-0.15, -0.1) is 11.3 Å². The van der Waals surface area contributed by atoms with E-state index in [4.69, 9.17) is 0 Å². The number of hydrogen-bond donors (Lipinski definition) is 1. The van der Waals surface area contributed by atoms with E-state index in [0.29, 0.717) is 4.88 Å². The largest absolute Gasteiger partial charge is 0.340 e. The van der Waals surface area contributed by atoms with Crippen molar-refractivity contribution in [2.24, 2.45) is 5.10 Å². The Morgan fingerprint density at radius 1 is 1.07 bits per heavy atom. The summed E-state index contributed by atoms with van der Waals surface area (Å²) in [6.45, 7) is 2.88. The molecule has 134 valence electrons. The molecule has 0 spiro atoms. The monoisotopic (exact) mass is 373 g/mol. The molecule has 0 bridgehead atoms. The van der Waals surface area contributed by atoms with Crippen molar-refractivity contribution in [3.05, 3.63) is 93.8 Å². The zero-order valence-corrected chi connectivity index (χ0v) is 15.7. The number of thiophene rings is 1. The summed E-state index contributed by atoms with van der Waals surface area (Å²) in [7, 11) is 0. The van der Waals surface area contributed by atoms with Crippen molar-refractivity contribution in [1.82, 2.24) is 9.99 Å². The van der Waals surface area contributed by atoms with Crippen LogP contribution in [-0.2, 0) is 6.54 Å². The van der Waals surface area contributed by atoms with Crippen LogP contribution in [0.25, 0.3) is 10.9 Å². The van der Waals surface area contributed by atoms with Gasteiger partial charge in [0.1, 0.15) is 0 Å². The Kier molecular flexibility index (Phi) is 4.85. The van der Waals surface area contributed by atoms with Crippen molar-refractivity contribution in [2.75, 3.05) is 0 Å². The van der Waals surface area contributed by atoms with E-state index in [1.165, 1.54) is 16.9 Å². The minimum atomic E-state index is -0.188. The lowest BCUT2D eigenvalue weighted by molar-refractivity contribution is 0.0959. The molecule has 0 aliphatic heterocycles. The summed E-state index contributed by atoms with van der Waals surface area (Å²) in [6, 6.07) is 22.3. The molecule has 2 heterocycles. The van der Waals surface area contributed by atoms with Crippen molar-refractivity contribution in [1.29, 1.82) is 0 Å². The van der Waals surface area contributed by atoms with E-state index in [1.54, 1.807) is 12.3 Å². The fourth-order valence-electron chi connectivity index (χ4n) is 3.21. The van der Waals surface area contributed by atoms with Gasteiger partial charge in [0.2, 0.25) is 0 Å². The first kappa shape index (κ1) is 17.2. The van der Waals surface area contributed by atoms with Crippen molar-refractivity contribution >= 4 is 34.4 Å². The van der Waals surface area contributed by atoms with Gasteiger partial charge in [-0.05, 0) is 30.0 Å². The maximum atomic E-state index is 12.1. The topological polar surface area (TPSA) is 46.4 Å². The highest BCUT2D eigenvalue weighted by atomic mass is 32.1. The molecule has 0 saturated heterocycles. The average Bonchev–Trinajstić information content (AvgIpc) is 3.32. The van der Waals surface area contributed by atoms with Gasteiger partial charge >= 0.3 is 0 Å². The van der Waals surface area contributed by atoms with Gasteiger partial charge in [0.25, 0.3) is 5.91 Å². The van der Waals surface area contributed by atoms with Gasteiger partial charge in [-0.1, -0.05) is 54.6 Å². The summed E-state index contributed by atoms with van der Waals surface area (Å²) in [4.78, 5) is 12.7. The number of aromatic nitrogens is 1. The fraction of sp³-hybridized carbons (Fsp3) is 0.0909. The van der Waals surface area contributed by atoms with E-state index < -0.39 is 0 Å². The second-order valence-electron chi connectivity index (χ2n) is 6.26. The van der Waals surface area contributed by atoms with Crippen LogP contribution >= 0.6 is 11.3 Å². The lowest BCUT2D eigenvalue weighted by atomic mass is 10.1. The van der Waals surface area contributed by atoms with Gasteiger partial charge in [0.05, 0.1) is 11.1 Å². The van der Waals surface area contributed by atoms with E-state index in [-0.39, 0.29) is 5.91 Å². The van der Waals surface area contributed by atoms with Crippen LogP contribution < -0.4 is 5.43 Å². The molecule has 2 aromatic heterocycles. The number of hydrazone groups is 1. The van der Waals surface area contributed by atoms with E-state index in [0.717, 1.165) is 28.7 Å². The molecule has 5 heteroatoms. The molecule has 0 unspecified atom stereocenters. The van der Waals surface area contributed by atoms with Crippen molar-refractivity contribution in [3.8, 4) is 0 Å². The van der Waals surface area contributed by atoms with Crippen LogP contribution in [-0.4, -0.2) is 16.7 Å². The number of benzene rings is 2. The van der Waals surface area contributed by atoms with Crippen molar-refractivity contribution in [3.63, 3.8) is 0 Å². The third-order valence-corrected chi connectivity index (χ3v) is 5.44. The molecule has 0 aliphatic carbocycles. The van der Waals surface area contributed by atoms with Crippen molar-refractivity contribution < 1.29 is 4.79 Å². The lowest BCUT2D eigenvalue weighted by Gasteiger charge is -2.08. The second kappa shape index (κ2) is 7.60. The highest BCUT2D eigenvalue weighted by Crippen LogP contribution is 2.25. The third kappa shape index (κ3) is 3.55. The highest BCUT2D eigenvalue weighted by molar-refractivity contribution is 7.12. The molecule has 4 aromatic rings. The van der Waals surface area contributed by atoms with E-state index in [1.807, 2.05) is 29.6 Å². The normalized spacial score (nSPS) is 11.3. The predicted octanol–water partition coefficient (Wildman–Crippen LogP) is 4.82. The van der Waals surface area contributed by atoms with Crippen LogP contribution in [0.15, 0.2) is 77.2 Å². The van der Waals surface area contributed by atoms with Crippen LogP contribution in [0.5, 0.6) is 0 Å². The van der Waals surface area contributed by atoms with Crippen LogP contribution in [0.4, 0.5) is 0 Å². The average molecular weight is 373 g/mol. The van der Waals surface area contributed by atoms with Gasteiger partial charge in [-0.25, -0.2) is 5.43 Å². The van der Waals surface area contributed by atoms with Crippen molar-refractivity contribution in [2.45, 2.75) is 13.5 Å². The summed E-state index contributed by atoms with van der Waals surface area (Å²) >= 11 is 1.40. The fourth-order valence-corrected chi connectivity index (χ4v) is 3.82.